The van der Waals surface area contributed by atoms with Crippen LogP contribution in [0.4, 0.5) is 0 Å². The van der Waals surface area contributed by atoms with Crippen molar-refractivity contribution in [2.75, 3.05) is 26.2 Å². The minimum absolute atomic E-state index is 0.280. The molecule has 1 atom stereocenters. The zero-order valence-electron chi connectivity index (χ0n) is 10.7. The molecule has 2 heterocycles. The standard InChI is InChI=1S/C15H17ClN2S/c16-14-4-2-1-3-13(14)15(12-5-10-19-11-12)18-8-6-17-7-9-18/h1-5,10-11,15,17H,6-9H2. The highest BCUT2D eigenvalue weighted by atomic mass is 35.5. The smallest absolute Gasteiger partial charge is 0.0625 e. The van der Waals surface area contributed by atoms with Crippen molar-refractivity contribution >= 4 is 22.9 Å². The zero-order valence-corrected chi connectivity index (χ0v) is 12.3. The van der Waals surface area contributed by atoms with Crippen molar-refractivity contribution in [3.05, 3.63) is 57.2 Å². The Hall–Kier alpha value is -0.870. The normalized spacial score (nSPS) is 18.4. The van der Waals surface area contributed by atoms with Crippen LogP contribution in [0.25, 0.3) is 0 Å². The lowest BCUT2D eigenvalue weighted by Crippen LogP contribution is -2.45. The number of benzene rings is 1. The molecular formula is C15H17ClN2S. The van der Waals surface area contributed by atoms with E-state index in [-0.39, 0.29) is 6.04 Å². The van der Waals surface area contributed by atoms with Crippen LogP contribution in [0.15, 0.2) is 41.1 Å². The van der Waals surface area contributed by atoms with Crippen molar-refractivity contribution in [2.24, 2.45) is 0 Å². The number of halogens is 1. The summed E-state index contributed by atoms with van der Waals surface area (Å²) in [6, 6.07) is 10.7. The molecule has 0 saturated carbocycles. The Morgan fingerprint density at radius 2 is 1.95 bits per heavy atom. The predicted molar refractivity (Wildman–Crippen MR) is 82.1 cm³/mol. The van der Waals surface area contributed by atoms with Crippen LogP contribution in [0.5, 0.6) is 0 Å². The maximum Gasteiger partial charge on any atom is 0.0625 e. The highest BCUT2D eigenvalue weighted by Gasteiger charge is 2.25. The van der Waals surface area contributed by atoms with Crippen LogP contribution in [0, 0.1) is 0 Å². The molecule has 0 radical (unpaired) electrons. The van der Waals surface area contributed by atoms with E-state index in [0.29, 0.717) is 0 Å². The molecular weight excluding hydrogens is 276 g/mol. The van der Waals surface area contributed by atoms with Crippen LogP contribution in [-0.2, 0) is 0 Å². The minimum Gasteiger partial charge on any atom is -0.314 e. The summed E-state index contributed by atoms with van der Waals surface area (Å²) >= 11 is 8.16. The quantitative estimate of drug-likeness (QED) is 0.933. The number of piperazine rings is 1. The van der Waals surface area contributed by atoms with Crippen LogP contribution in [-0.4, -0.2) is 31.1 Å². The van der Waals surface area contributed by atoms with Crippen LogP contribution in [0.3, 0.4) is 0 Å². The summed E-state index contributed by atoms with van der Waals surface area (Å²) in [6.07, 6.45) is 0. The third-order valence-electron chi connectivity index (χ3n) is 3.58. The molecule has 4 heteroatoms. The molecule has 1 aliphatic heterocycles. The molecule has 2 aromatic rings. The van der Waals surface area contributed by atoms with Crippen molar-refractivity contribution < 1.29 is 0 Å². The molecule has 1 aromatic carbocycles. The van der Waals surface area contributed by atoms with E-state index in [1.165, 1.54) is 11.1 Å². The third kappa shape index (κ3) is 2.84. The van der Waals surface area contributed by atoms with Gasteiger partial charge in [-0.15, -0.1) is 0 Å². The topological polar surface area (TPSA) is 15.3 Å². The van der Waals surface area contributed by atoms with E-state index in [1.54, 1.807) is 11.3 Å². The van der Waals surface area contributed by atoms with Crippen LogP contribution >= 0.6 is 22.9 Å². The molecule has 1 N–H and O–H groups in total. The number of thiophene rings is 1. The van der Waals surface area contributed by atoms with Crippen LogP contribution in [0.2, 0.25) is 5.02 Å². The molecule has 1 unspecified atom stereocenters. The Kier molecular flexibility index (Phi) is 4.18. The lowest BCUT2D eigenvalue weighted by Gasteiger charge is -2.35. The SMILES string of the molecule is Clc1ccccc1C(c1ccsc1)N1CCNCC1. The molecule has 1 aliphatic rings. The van der Waals surface area contributed by atoms with Gasteiger partial charge in [-0.05, 0) is 34.0 Å². The molecule has 19 heavy (non-hydrogen) atoms. The molecule has 0 spiro atoms. The molecule has 1 aromatic heterocycles. The van der Waals surface area contributed by atoms with Crippen molar-refractivity contribution in [3.8, 4) is 0 Å². The van der Waals surface area contributed by atoms with E-state index in [4.69, 9.17) is 11.6 Å². The van der Waals surface area contributed by atoms with Crippen LogP contribution in [0.1, 0.15) is 17.2 Å². The zero-order chi connectivity index (χ0) is 13.1. The van der Waals surface area contributed by atoms with Gasteiger partial charge in [-0.3, -0.25) is 4.90 Å². The van der Waals surface area contributed by atoms with Gasteiger partial charge in [-0.2, -0.15) is 11.3 Å². The first-order valence-corrected chi connectivity index (χ1v) is 7.89. The molecule has 1 saturated heterocycles. The summed E-state index contributed by atoms with van der Waals surface area (Å²) in [5, 5.41) is 8.64. The average molecular weight is 293 g/mol. The van der Waals surface area contributed by atoms with Crippen molar-refractivity contribution in [1.29, 1.82) is 0 Å². The average Bonchev–Trinajstić information content (AvgIpc) is 2.96. The van der Waals surface area contributed by atoms with E-state index >= 15 is 0 Å². The van der Waals surface area contributed by atoms with Crippen LogP contribution < -0.4 is 5.32 Å². The maximum absolute atomic E-state index is 6.42. The fourth-order valence-corrected chi connectivity index (χ4v) is 3.57. The maximum atomic E-state index is 6.42. The van der Waals surface area contributed by atoms with Gasteiger partial charge in [0.05, 0.1) is 6.04 Å². The summed E-state index contributed by atoms with van der Waals surface area (Å²) in [5.41, 5.74) is 2.56. The number of hydrogen-bond acceptors (Lipinski definition) is 3. The molecule has 1 fully saturated rings. The largest absolute Gasteiger partial charge is 0.314 e. The molecule has 0 bridgehead atoms. The first kappa shape index (κ1) is 13.1. The second-order valence-electron chi connectivity index (χ2n) is 4.77. The lowest BCUT2D eigenvalue weighted by atomic mass is 9.99. The van der Waals surface area contributed by atoms with E-state index in [2.05, 4.69) is 39.2 Å². The number of nitrogens with one attached hydrogen (secondary N) is 1. The van der Waals surface area contributed by atoms with E-state index < -0.39 is 0 Å². The monoisotopic (exact) mass is 292 g/mol. The third-order valence-corrected chi connectivity index (χ3v) is 4.62. The summed E-state index contributed by atoms with van der Waals surface area (Å²) < 4.78 is 0. The van der Waals surface area contributed by atoms with Gasteiger partial charge in [0, 0.05) is 31.2 Å². The summed E-state index contributed by atoms with van der Waals surface area (Å²) in [5.74, 6) is 0. The highest BCUT2D eigenvalue weighted by molar-refractivity contribution is 7.08. The number of rotatable bonds is 3. The molecule has 0 amide bonds. The van der Waals surface area contributed by atoms with Gasteiger partial charge >= 0.3 is 0 Å². The van der Waals surface area contributed by atoms with Gasteiger partial charge in [0.15, 0.2) is 0 Å². The van der Waals surface area contributed by atoms with Gasteiger partial charge in [-0.1, -0.05) is 29.8 Å². The fraction of sp³-hybridized carbons (Fsp3) is 0.333. The first-order chi connectivity index (χ1) is 9.36. The van der Waals surface area contributed by atoms with E-state index in [9.17, 15) is 0 Å². The Balaban J connectivity index is 1.99. The molecule has 0 aliphatic carbocycles. The molecule has 2 nitrogen and oxygen atoms in total. The van der Waals surface area contributed by atoms with Gasteiger partial charge < -0.3 is 5.32 Å². The summed E-state index contributed by atoms with van der Waals surface area (Å²) in [6.45, 7) is 4.22. The highest BCUT2D eigenvalue weighted by Crippen LogP contribution is 2.34. The van der Waals surface area contributed by atoms with Gasteiger partial charge in [-0.25, -0.2) is 0 Å². The van der Waals surface area contributed by atoms with Gasteiger partial charge in [0.25, 0.3) is 0 Å². The number of nitrogens with zero attached hydrogens (tertiary/aromatic N) is 1. The lowest BCUT2D eigenvalue weighted by molar-refractivity contribution is 0.199. The fourth-order valence-electron chi connectivity index (χ4n) is 2.65. The van der Waals surface area contributed by atoms with Crippen molar-refractivity contribution in [3.63, 3.8) is 0 Å². The molecule has 3 rings (SSSR count). The second-order valence-corrected chi connectivity index (χ2v) is 5.95. The first-order valence-electron chi connectivity index (χ1n) is 6.57. The number of hydrogen-bond donors (Lipinski definition) is 1. The van der Waals surface area contributed by atoms with Gasteiger partial charge in [0.2, 0.25) is 0 Å². The summed E-state index contributed by atoms with van der Waals surface area (Å²) in [4.78, 5) is 2.51. The Bertz CT molecular complexity index is 521. The predicted octanol–water partition coefficient (Wildman–Crippen LogP) is 3.40. The molecule has 100 valence electrons. The van der Waals surface area contributed by atoms with Crippen molar-refractivity contribution in [1.82, 2.24) is 10.2 Å². The minimum atomic E-state index is 0.280. The Morgan fingerprint density at radius 3 is 2.63 bits per heavy atom. The Labute approximate surface area is 123 Å². The second kappa shape index (κ2) is 6.06. The summed E-state index contributed by atoms with van der Waals surface area (Å²) in [7, 11) is 0. The Morgan fingerprint density at radius 1 is 1.16 bits per heavy atom. The van der Waals surface area contributed by atoms with Crippen molar-refractivity contribution in [2.45, 2.75) is 6.04 Å². The van der Waals surface area contributed by atoms with Gasteiger partial charge in [0.1, 0.15) is 0 Å². The van der Waals surface area contributed by atoms with E-state index in [1.807, 2.05) is 12.1 Å². The van der Waals surface area contributed by atoms with E-state index in [0.717, 1.165) is 31.2 Å².